The molecular formula is C24H22FN3O5. The van der Waals surface area contributed by atoms with Crippen molar-refractivity contribution in [3.8, 4) is 11.1 Å². The van der Waals surface area contributed by atoms with E-state index < -0.39 is 23.9 Å². The lowest BCUT2D eigenvalue weighted by Gasteiger charge is -2.18. The summed E-state index contributed by atoms with van der Waals surface area (Å²) < 4.78 is 18.5. The van der Waals surface area contributed by atoms with Gasteiger partial charge in [-0.3, -0.25) is 9.59 Å². The van der Waals surface area contributed by atoms with Crippen molar-refractivity contribution in [3.63, 3.8) is 0 Å². The number of esters is 1. The van der Waals surface area contributed by atoms with Gasteiger partial charge >= 0.3 is 11.9 Å². The van der Waals surface area contributed by atoms with Crippen LogP contribution in [0.25, 0.3) is 11.1 Å². The summed E-state index contributed by atoms with van der Waals surface area (Å²) in [6, 6.07) is 14.0. The van der Waals surface area contributed by atoms with Gasteiger partial charge in [0.05, 0.1) is 13.0 Å². The second kappa shape index (κ2) is 10.9. The van der Waals surface area contributed by atoms with Crippen molar-refractivity contribution in [1.29, 1.82) is 0 Å². The zero-order valence-corrected chi connectivity index (χ0v) is 17.8. The van der Waals surface area contributed by atoms with E-state index in [1.165, 1.54) is 12.1 Å². The van der Waals surface area contributed by atoms with Crippen LogP contribution < -0.4 is 5.32 Å². The van der Waals surface area contributed by atoms with Crippen molar-refractivity contribution in [2.45, 2.75) is 25.8 Å². The van der Waals surface area contributed by atoms with Gasteiger partial charge in [-0.05, 0) is 42.2 Å². The molecule has 1 unspecified atom stereocenters. The van der Waals surface area contributed by atoms with E-state index in [0.29, 0.717) is 6.42 Å². The largest absolute Gasteiger partial charge is 0.477 e. The number of hydrogen-bond acceptors (Lipinski definition) is 6. The molecule has 1 aromatic heterocycles. The minimum absolute atomic E-state index is 0.0813. The van der Waals surface area contributed by atoms with Gasteiger partial charge in [0, 0.05) is 12.1 Å². The Kier molecular flexibility index (Phi) is 7.80. The molecular weight excluding hydrogens is 429 g/mol. The molecule has 9 heteroatoms. The second-order valence-electron chi connectivity index (χ2n) is 7.18. The molecule has 0 aliphatic rings. The van der Waals surface area contributed by atoms with Gasteiger partial charge in [-0.15, -0.1) is 0 Å². The maximum absolute atomic E-state index is 13.5. The number of halogens is 1. The van der Waals surface area contributed by atoms with Gasteiger partial charge < -0.3 is 15.2 Å². The number of benzene rings is 2. The van der Waals surface area contributed by atoms with Gasteiger partial charge in [0.1, 0.15) is 17.8 Å². The SMILES string of the molecule is CCOC(=O)CC(Cc1ccc(-c2cccc(F)c2)cc1)NC(=O)c1cc(C(=O)O)ncn1. The molecule has 2 aromatic carbocycles. The first-order chi connectivity index (χ1) is 15.9. The Labute approximate surface area is 189 Å². The molecule has 0 spiro atoms. The minimum Gasteiger partial charge on any atom is -0.477 e. The van der Waals surface area contributed by atoms with Crippen LogP contribution in [0.1, 0.15) is 39.9 Å². The number of ether oxygens (including phenoxy) is 1. The van der Waals surface area contributed by atoms with Gasteiger partial charge in [-0.2, -0.15) is 0 Å². The highest BCUT2D eigenvalue weighted by Gasteiger charge is 2.20. The Balaban J connectivity index is 1.76. The van der Waals surface area contributed by atoms with E-state index in [0.717, 1.165) is 29.1 Å². The summed E-state index contributed by atoms with van der Waals surface area (Å²) in [5, 5.41) is 11.8. The number of rotatable bonds is 9. The number of aromatic nitrogens is 2. The number of carboxylic acid groups (broad SMARTS) is 1. The zero-order valence-electron chi connectivity index (χ0n) is 17.8. The Morgan fingerprint density at radius 1 is 1.03 bits per heavy atom. The van der Waals surface area contributed by atoms with Gasteiger partial charge in [-0.25, -0.2) is 19.2 Å². The molecule has 0 aliphatic carbocycles. The highest BCUT2D eigenvalue weighted by Crippen LogP contribution is 2.21. The molecule has 0 saturated heterocycles. The summed E-state index contributed by atoms with van der Waals surface area (Å²) in [7, 11) is 0. The molecule has 0 bridgehead atoms. The molecule has 1 atom stereocenters. The van der Waals surface area contributed by atoms with Crippen molar-refractivity contribution >= 4 is 17.8 Å². The van der Waals surface area contributed by atoms with E-state index in [4.69, 9.17) is 9.84 Å². The number of carbonyl (C=O) groups is 3. The van der Waals surface area contributed by atoms with Crippen molar-refractivity contribution in [1.82, 2.24) is 15.3 Å². The third kappa shape index (κ3) is 6.67. The predicted octanol–water partition coefficient (Wildman–Crippen LogP) is 3.28. The van der Waals surface area contributed by atoms with E-state index in [-0.39, 0.29) is 30.2 Å². The molecule has 2 N–H and O–H groups in total. The minimum atomic E-state index is -1.28. The number of carbonyl (C=O) groups excluding carboxylic acids is 2. The van der Waals surface area contributed by atoms with Crippen LogP contribution >= 0.6 is 0 Å². The highest BCUT2D eigenvalue weighted by atomic mass is 19.1. The first-order valence-corrected chi connectivity index (χ1v) is 10.2. The van der Waals surface area contributed by atoms with Crippen molar-refractivity contribution in [3.05, 3.63) is 83.7 Å². The van der Waals surface area contributed by atoms with E-state index >= 15 is 0 Å². The van der Waals surface area contributed by atoms with Crippen LogP contribution in [0.2, 0.25) is 0 Å². The van der Waals surface area contributed by atoms with E-state index in [1.54, 1.807) is 19.1 Å². The third-order valence-corrected chi connectivity index (χ3v) is 4.77. The Morgan fingerprint density at radius 2 is 1.76 bits per heavy atom. The quantitative estimate of drug-likeness (QED) is 0.479. The van der Waals surface area contributed by atoms with Crippen LogP contribution in [0.15, 0.2) is 60.9 Å². The van der Waals surface area contributed by atoms with Crippen LogP contribution in [-0.4, -0.2) is 45.6 Å². The zero-order chi connectivity index (χ0) is 23.8. The van der Waals surface area contributed by atoms with Gasteiger partial charge in [0.15, 0.2) is 5.69 Å². The maximum atomic E-state index is 13.5. The number of nitrogens with one attached hydrogen (secondary N) is 1. The molecule has 0 saturated carbocycles. The fourth-order valence-corrected chi connectivity index (χ4v) is 3.24. The molecule has 1 amide bonds. The molecule has 0 aliphatic heterocycles. The average molecular weight is 451 g/mol. The van der Waals surface area contributed by atoms with Crippen LogP contribution in [0, 0.1) is 5.82 Å². The lowest BCUT2D eigenvalue weighted by molar-refractivity contribution is -0.143. The first kappa shape index (κ1) is 23.5. The normalized spacial score (nSPS) is 11.5. The van der Waals surface area contributed by atoms with Crippen LogP contribution in [0.4, 0.5) is 4.39 Å². The number of carboxylic acids is 1. The monoisotopic (exact) mass is 451 g/mol. The van der Waals surface area contributed by atoms with Gasteiger partial charge in [0.25, 0.3) is 5.91 Å². The fraction of sp³-hybridized carbons (Fsp3) is 0.208. The van der Waals surface area contributed by atoms with Crippen molar-refractivity contribution < 1.29 is 28.6 Å². The third-order valence-electron chi connectivity index (χ3n) is 4.77. The lowest BCUT2D eigenvalue weighted by atomic mass is 9.99. The fourth-order valence-electron chi connectivity index (χ4n) is 3.24. The molecule has 170 valence electrons. The summed E-state index contributed by atoms with van der Waals surface area (Å²) in [5.74, 6) is -2.73. The molecule has 3 aromatic rings. The van der Waals surface area contributed by atoms with Gasteiger partial charge in [0.2, 0.25) is 0 Å². The molecule has 0 radical (unpaired) electrons. The number of amides is 1. The van der Waals surface area contributed by atoms with Crippen LogP contribution in [-0.2, 0) is 16.0 Å². The smallest absolute Gasteiger partial charge is 0.354 e. The highest BCUT2D eigenvalue weighted by molar-refractivity contribution is 5.95. The predicted molar refractivity (Wildman–Crippen MR) is 117 cm³/mol. The van der Waals surface area contributed by atoms with Crippen LogP contribution in [0.5, 0.6) is 0 Å². The Hall–Kier alpha value is -4.14. The van der Waals surface area contributed by atoms with Crippen molar-refractivity contribution in [2.75, 3.05) is 6.61 Å². The van der Waals surface area contributed by atoms with E-state index in [9.17, 15) is 18.8 Å². The number of hydrogen-bond donors (Lipinski definition) is 2. The average Bonchev–Trinajstić information content (AvgIpc) is 2.79. The van der Waals surface area contributed by atoms with E-state index in [2.05, 4.69) is 15.3 Å². The summed E-state index contributed by atoms with van der Waals surface area (Å²) in [6.07, 6.45) is 1.22. The molecule has 1 heterocycles. The maximum Gasteiger partial charge on any atom is 0.354 e. The van der Waals surface area contributed by atoms with Gasteiger partial charge in [-0.1, -0.05) is 36.4 Å². The summed E-state index contributed by atoms with van der Waals surface area (Å²) in [4.78, 5) is 43.2. The van der Waals surface area contributed by atoms with Crippen molar-refractivity contribution in [2.24, 2.45) is 0 Å². The summed E-state index contributed by atoms with van der Waals surface area (Å²) >= 11 is 0. The second-order valence-corrected chi connectivity index (χ2v) is 7.18. The standard InChI is InChI=1S/C24H22FN3O5/c1-2-33-22(29)12-19(28-23(30)20-13-21(24(31)32)27-14-26-20)10-15-6-8-16(9-7-15)17-4-3-5-18(25)11-17/h3-9,11,13-14,19H,2,10,12H2,1H3,(H,28,30)(H,31,32). The summed E-state index contributed by atoms with van der Waals surface area (Å²) in [6.45, 7) is 1.89. The summed E-state index contributed by atoms with van der Waals surface area (Å²) in [5.41, 5.74) is 1.95. The van der Waals surface area contributed by atoms with E-state index in [1.807, 2.05) is 24.3 Å². The number of nitrogens with zero attached hydrogens (tertiary/aromatic N) is 2. The lowest BCUT2D eigenvalue weighted by Crippen LogP contribution is -2.39. The Bertz CT molecular complexity index is 1150. The molecule has 3 rings (SSSR count). The number of aromatic carboxylic acids is 1. The first-order valence-electron chi connectivity index (χ1n) is 10.2. The molecule has 0 fully saturated rings. The topological polar surface area (TPSA) is 118 Å². The Morgan fingerprint density at radius 3 is 2.42 bits per heavy atom. The van der Waals surface area contributed by atoms with Crippen LogP contribution in [0.3, 0.4) is 0 Å². The molecule has 33 heavy (non-hydrogen) atoms. The molecule has 8 nitrogen and oxygen atoms in total.